The summed E-state index contributed by atoms with van der Waals surface area (Å²) in [6, 6.07) is 1.26. The lowest BCUT2D eigenvalue weighted by Crippen LogP contribution is -2.36. The number of sulfonamides is 1. The van der Waals surface area contributed by atoms with Gasteiger partial charge in [0.2, 0.25) is 0 Å². The maximum Gasteiger partial charge on any atom is 0.255 e. The van der Waals surface area contributed by atoms with Crippen LogP contribution in [0.1, 0.15) is 0 Å². The van der Waals surface area contributed by atoms with Crippen molar-refractivity contribution < 1.29 is 8.42 Å². The van der Waals surface area contributed by atoms with E-state index in [2.05, 4.69) is 15.2 Å². The van der Waals surface area contributed by atoms with Crippen LogP contribution in [0.4, 0.5) is 5.82 Å². The van der Waals surface area contributed by atoms with Gasteiger partial charge in [0.05, 0.1) is 5.02 Å². The molecule has 9 heteroatoms. The van der Waals surface area contributed by atoms with E-state index in [1.165, 1.54) is 11.1 Å². The molecule has 1 aromatic rings. The number of pyridine rings is 1. The van der Waals surface area contributed by atoms with Gasteiger partial charge in [0.1, 0.15) is 4.90 Å². The molecule has 90 valence electrons. The van der Waals surface area contributed by atoms with Crippen molar-refractivity contribution in [3.63, 3.8) is 0 Å². The quantitative estimate of drug-likeness (QED) is 0.514. The summed E-state index contributed by atoms with van der Waals surface area (Å²) < 4.78 is 23.4. The largest absolute Gasteiger partial charge is 0.307 e. The van der Waals surface area contributed by atoms with Gasteiger partial charge < -0.3 is 5.43 Å². The van der Waals surface area contributed by atoms with Crippen molar-refractivity contribution >= 4 is 27.4 Å². The van der Waals surface area contributed by atoms with Crippen molar-refractivity contribution in [1.82, 2.24) is 14.8 Å². The second kappa shape index (κ2) is 4.93. The van der Waals surface area contributed by atoms with Crippen LogP contribution in [-0.4, -0.2) is 32.5 Å². The number of nitrogens with zero attached hydrogens (tertiary/aromatic N) is 2. The second-order valence-corrected chi connectivity index (χ2v) is 5.20. The van der Waals surface area contributed by atoms with Gasteiger partial charge in [-0.05, 0) is 6.07 Å². The van der Waals surface area contributed by atoms with E-state index in [9.17, 15) is 8.42 Å². The Bertz CT molecular complexity index is 476. The molecule has 0 unspecified atom stereocenters. The molecule has 0 aliphatic heterocycles. The lowest BCUT2D eigenvalue weighted by atomic mass is 10.5. The molecule has 0 spiro atoms. The molecule has 1 heterocycles. The SMILES string of the molecule is CN(C)NS(=O)(=O)c1cnc(NN)c(Cl)c1. The van der Waals surface area contributed by atoms with E-state index in [0.717, 1.165) is 6.20 Å². The molecule has 4 N–H and O–H groups in total. The van der Waals surface area contributed by atoms with Crippen molar-refractivity contribution in [1.29, 1.82) is 0 Å². The van der Waals surface area contributed by atoms with Crippen LogP contribution in [0.5, 0.6) is 0 Å². The van der Waals surface area contributed by atoms with Crippen LogP contribution in [0.3, 0.4) is 0 Å². The topological polar surface area (TPSA) is 100 Å². The van der Waals surface area contributed by atoms with Gasteiger partial charge in [0.15, 0.2) is 5.82 Å². The van der Waals surface area contributed by atoms with Gasteiger partial charge in [-0.3, -0.25) is 0 Å². The standard InChI is InChI=1S/C7H12ClN5O2S/c1-13(2)12-16(14,15)5-3-6(8)7(11-9)10-4-5/h3-4,12H,9H2,1-2H3,(H,10,11). The molecule has 0 atom stereocenters. The van der Waals surface area contributed by atoms with Gasteiger partial charge in [-0.2, -0.15) is 0 Å². The highest BCUT2D eigenvalue weighted by molar-refractivity contribution is 7.89. The minimum atomic E-state index is -3.65. The molecule has 0 radical (unpaired) electrons. The van der Waals surface area contributed by atoms with E-state index < -0.39 is 10.0 Å². The van der Waals surface area contributed by atoms with E-state index in [4.69, 9.17) is 17.4 Å². The third kappa shape index (κ3) is 3.03. The first kappa shape index (κ1) is 13.1. The fourth-order valence-electron chi connectivity index (χ4n) is 0.967. The summed E-state index contributed by atoms with van der Waals surface area (Å²) in [6.45, 7) is 0. The van der Waals surface area contributed by atoms with E-state index in [-0.39, 0.29) is 15.7 Å². The highest BCUT2D eigenvalue weighted by atomic mass is 35.5. The number of hydrogen-bond donors (Lipinski definition) is 3. The molecule has 0 aromatic carbocycles. The fourth-order valence-corrected chi connectivity index (χ4v) is 2.30. The first-order valence-corrected chi connectivity index (χ1v) is 6.05. The third-order valence-electron chi connectivity index (χ3n) is 1.57. The Hall–Kier alpha value is -0.930. The van der Waals surface area contributed by atoms with Crippen LogP contribution in [0, 0.1) is 0 Å². The molecular weight excluding hydrogens is 254 g/mol. The number of nitrogens with one attached hydrogen (secondary N) is 2. The maximum absolute atomic E-state index is 11.7. The normalized spacial score (nSPS) is 11.8. The van der Waals surface area contributed by atoms with Crippen molar-refractivity contribution in [2.75, 3.05) is 19.5 Å². The summed E-state index contributed by atoms with van der Waals surface area (Å²) in [7, 11) is -0.531. The van der Waals surface area contributed by atoms with E-state index in [1.807, 2.05) is 0 Å². The number of nitrogens with two attached hydrogens (primary N) is 1. The van der Waals surface area contributed by atoms with Gasteiger partial charge in [-0.25, -0.2) is 24.3 Å². The molecule has 0 amide bonds. The molecule has 7 nitrogen and oxygen atoms in total. The Kier molecular flexibility index (Phi) is 4.05. The molecule has 0 bridgehead atoms. The van der Waals surface area contributed by atoms with Gasteiger partial charge in [0.25, 0.3) is 10.0 Å². The van der Waals surface area contributed by atoms with E-state index in [0.29, 0.717) is 0 Å². The number of hydrogen-bond acceptors (Lipinski definition) is 6. The predicted octanol–water partition coefficient (Wildman–Crippen LogP) is -0.224. The molecular formula is C7H12ClN5O2S. The van der Waals surface area contributed by atoms with Gasteiger partial charge in [-0.15, -0.1) is 4.83 Å². The van der Waals surface area contributed by atoms with Crippen molar-refractivity contribution in [2.45, 2.75) is 4.90 Å². The van der Waals surface area contributed by atoms with Crippen LogP contribution in [-0.2, 0) is 10.0 Å². The Labute approximate surface area is 98.6 Å². The molecule has 16 heavy (non-hydrogen) atoms. The first-order chi connectivity index (χ1) is 7.36. The van der Waals surface area contributed by atoms with Crippen molar-refractivity contribution in [3.8, 4) is 0 Å². The zero-order valence-electron chi connectivity index (χ0n) is 8.73. The summed E-state index contributed by atoms with van der Waals surface area (Å²) in [5.74, 6) is 5.33. The lowest BCUT2D eigenvalue weighted by Gasteiger charge is -2.12. The maximum atomic E-state index is 11.7. The average molecular weight is 266 g/mol. The number of halogens is 1. The number of rotatable bonds is 4. The first-order valence-electron chi connectivity index (χ1n) is 4.19. The smallest absolute Gasteiger partial charge is 0.255 e. The van der Waals surface area contributed by atoms with Crippen LogP contribution in [0.25, 0.3) is 0 Å². The zero-order valence-corrected chi connectivity index (χ0v) is 10.3. The Balaban J connectivity index is 3.10. The van der Waals surface area contributed by atoms with Crippen LogP contribution >= 0.6 is 11.6 Å². The number of hydrazine groups is 2. The minimum absolute atomic E-state index is 0.0369. The summed E-state index contributed by atoms with van der Waals surface area (Å²) in [4.78, 5) is 5.98. The van der Waals surface area contributed by atoms with Gasteiger partial charge in [0, 0.05) is 20.3 Å². The van der Waals surface area contributed by atoms with Crippen LogP contribution in [0.15, 0.2) is 17.2 Å². The Morgan fingerprint density at radius 2 is 2.12 bits per heavy atom. The summed E-state index contributed by atoms with van der Waals surface area (Å²) >= 11 is 5.76. The average Bonchev–Trinajstić information content (AvgIpc) is 2.15. The van der Waals surface area contributed by atoms with Gasteiger partial charge >= 0.3 is 0 Å². The monoisotopic (exact) mass is 265 g/mol. The van der Waals surface area contributed by atoms with Gasteiger partial charge in [-0.1, -0.05) is 11.6 Å². The van der Waals surface area contributed by atoms with E-state index in [1.54, 1.807) is 14.1 Å². The molecule has 0 aliphatic carbocycles. The summed E-state index contributed by atoms with van der Waals surface area (Å²) in [5.41, 5.74) is 2.25. The number of anilines is 1. The fraction of sp³-hybridized carbons (Fsp3) is 0.286. The minimum Gasteiger partial charge on any atom is -0.307 e. The molecule has 1 aromatic heterocycles. The molecule has 0 saturated carbocycles. The molecule has 0 fully saturated rings. The second-order valence-electron chi connectivity index (χ2n) is 3.13. The highest BCUT2D eigenvalue weighted by Gasteiger charge is 2.16. The number of nitrogen functional groups attached to an aromatic ring is 1. The van der Waals surface area contributed by atoms with Crippen LogP contribution < -0.4 is 16.1 Å². The molecule has 0 saturated heterocycles. The van der Waals surface area contributed by atoms with E-state index >= 15 is 0 Å². The Morgan fingerprint density at radius 1 is 1.50 bits per heavy atom. The third-order valence-corrected chi connectivity index (χ3v) is 3.30. The zero-order chi connectivity index (χ0) is 12.3. The molecule has 1 rings (SSSR count). The highest BCUT2D eigenvalue weighted by Crippen LogP contribution is 2.21. The van der Waals surface area contributed by atoms with Crippen LogP contribution in [0.2, 0.25) is 5.02 Å². The summed E-state index contributed by atoms with van der Waals surface area (Å²) in [6.07, 6.45) is 1.16. The Morgan fingerprint density at radius 3 is 2.56 bits per heavy atom. The lowest BCUT2D eigenvalue weighted by molar-refractivity contribution is 0.364. The predicted molar refractivity (Wildman–Crippen MR) is 61.1 cm³/mol. The van der Waals surface area contributed by atoms with Crippen molar-refractivity contribution in [2.24, 2.45) is 5.84 Å². The summed E-state index contributed by atoms with van der Waals surface area (Å²) in [5, 5.41) is 1.43. The number of aromatic nitrogens is 1. The van der Waals surface area contributed by atoms with Crippen molar-refractivity contribution in [3.05, 3.63) is 17.3 Å². The molecule has 0 aliphatic rings.